The van der Waals surface area contributed by atoms with Gasteiger partial charge in [-0.05, 0) is 60.7 Å². The van der Waals surface area contributed by atoms with Crippen molar-refractivity contribution in [2.45, 2.75) is 45.7 Å². The van der Waals surface area contributed by atoms with Crippen molar-refractivity contribution in [2.24, 2.45) is 0 Å². The molecule has 2 aromatic carbocycles. The number of hydrogen-bond acceptors (Lipinski definition) is 3. The predicted molar refractivity (Wildman–Crippen MR) is 109 cm³/mol. The summed E-state index contributed by atoms with van der Waals surface area (Å²) in [4.78, 5) is 14.6. The smallest absolute Gasteiger partial charge is 0.258 e. The Balaban J connectivity index is 1.43. The lowest BCUT2D eigenvalue weighted by atomic mass is 10.0. The molecule has 0 aromatic heterocycles. The highest BCUT2D eigenvalue weighted by Gasteiger charge is 2.12. The summed E-state index contributed by atoms with van der Waals surface area (Å²) in [6.45, 7) is 8.26. The third kappa shape index (κ3) is 6.10. The van der Waals surface area contributed by atoms with Gasteiger partial charge in [0.15, 0.2) is 6.61 Å². The molecule has 3 rings (SSSR count). The third-order valence-electron chi connectivity index (χ3n) is 5.00. The van der Waals surface area contributed by atoms with Crippen molar-refractivity contribution in [3.05, 3.63) is 65.2 Å². The van der Waals surface area contributed by atoms with Crippen LogP contribution in [0.15, 0.2) is 48.5 Å². The minimum atomic E-state index is -0.104. The topological polar surface area (TPSA) is 41.6 Å². The molecular weight excluding hydrogens is 336 g/mol. The van der Waals surface area contributed by atoms with Gasteiger partial charge < -0.3 is 10.1 Å². The Morgan fingerprint density at radius 3 is 2.48 bits per heavy atom. The standard InChI is InChI=1S/C23H30N2O2/c1-18(2)21-8-10-22(11-9-21)27-17-23(26)24-15-19-6-5-7-20(14-19)16-25-12-3-4-13-25/h5-11,14,18H,3-4,12-13,15-17H2,1-2H3,(H,24,26). The van der Waals surface area contributed by atoms with Crippen molar-refractivity contribution < 1.29 is 9.53 Å². The van der Waals surface area contributed by atoms with E-state index in [0.29, 0.717) is 12.5 Å². The number of nitrogens with zero attached hydrogens (tertiary/aromatic N) is 1. The highest BCUT2D eigenvalue weighted by atomic mass is 16.5. The molecule has 1 saturated heterocycles. The fourth-order valence-corrected chi connectivity index (χ4v) is 3.39. The molecule has 2 aromatic rings. The Kier molecular flexibility index (Phi) is 6.88. The summed E-state index contributed by atoms with van der Waals surface area (Å²) >= 11 is 0. The van der Waals surface area contributed by atoms with E-state index in [0.717, 1.165) is 17.9 Å². The van der Waals surface area contributed by atoms with E-state index in [4.69, 9.17) is 4.74 Å². The SMILES string of the molecule is CC(C)c1ccc(OCC(=O)NCc2cccc(CN3CCCC3)c2)cc1. The van der Waals surface area contributed by atoms with E-state index in [9.17, 15) is 4.79 Å². The first-order valence-corrected chi connectivity index (χ1v) is 9.90. The molecule has 1 heterocycles. The molecule has 0 unspecified atom stereocenters. The van der Waals surface area contributed by atoms with E-state index < -0.39 is 0 Å². The minimum Gasteiger partial charge on any atom is -0.484 e. The van der Waals surface area contributed by atoms with Crippen LogP contribution in [0.25, 0.3) is 0 Å². The lowest BCUT2D eigenvalue weighted by molar-refractivity contribution is -0.123. The molecule has 1 aliphatic heterocycles. The van der Waals surface area contributed by atoms with Gasteiger partial charge in [-0.15, -0.1) is 0 Å². The Hall–Kier alpha value is -2.33. The molecule has 0 atom stereocenters. The number of hydrogen-bond donors (Lipinski definition) is 1. The van der Waals surface area contributed by atoms with Gasteiger partial charge in [-0.3, -0.25) is 9.69 Å². The molecular formula is C23H30N2O2. The van der Waals surface area contributed by atoms with E-state index in [2.05, 4.69) is 48.3 Å². The molecule has 0 aliphatic carbocycles. The van der Waals surface area contributed by atoms with Crippen molar-refractivity contribution in [1.82, 2.24) is 10.2 Å². The van der Waals surface area contributed by atoms with Crippen LogP contribution in [-0.4, -0.2) is 30.5 Å². The fourth-order valence-electron chi connectivity index (χ4n) is 3.39. The molecule has 0 bridgehead atoms. The zero-order valence-corrected chi connectivity index (χ0v) is 16.4. The van der Waals surface area contributed by atoms with E-state index in [-0.39, 0.29) is 12.5 Å². The maximum absolute atomic E-state index is 12.1. The second-order valence-corrected chi connectivity index (χ2v) is 7.59. The average Bonchev–Trinajstić information content (AvgIpc) is 3.18. The lowest BCUT2D eigenvalue weighted by Crippen LogP contribution is -2.28. The van der Waals surface area contributed by atoms with Crippen molar-refractivity contribution in [3.63, 3.8) is 0 Å². The quantitative estimate of drug-likeness (QED) is 0.765. The molecule has 4 heteroatoms. The van der Waals surface area contributed by atoms with Gasteiger partial charge in [-0.25, -0.2) is 0 Å². The van der Waals surface area contributed by atoms with E-state index in [1.54, 1.807) is 0 Å². The molecule has 144 valence electrons. The molecule has 1 fully saturated rings. The predicted octanol–water partition coefficient (Wildman–Crippen LogP) is 4.10. The zero-order valence-electron chi connectivity index (χ0n) is 16.4. The van der Waals surface area contributed by atoms with Gasteiger partial charge in [0, 0.05) is 13.1 Å². The van der Waals surface area contributed by atoms with Crippen molar-refractivity contribution in [1.29, 1.82) is 0 Å². The fraction of sp³-hybridized carbons (Fsp3) is 0.435. The summed E-state index contributed by atoms with van der Waals surface area (Å²) in [6.07, 6.45) is 2.60. The van der Waals surface area contributed by atoms with E-state index in [1.807, 2.05) is 24.3 Å². The number of ether oxygens (including phenoxy) is 1. The molecule has 1 N–H and O–H groups in total. The highest BCUT2D eigenvalue weighted by molar-refractivity contribution is 5.77. The van der Waals surface area contributed by atoms with Gasteiger partial charge in [-0.1, -0.05) is 50.2 Å². The minimum absolute atomic E-state index is 0.0362. The maximum atomic E-state index is 12.1. The van der Waals surface area contributed by atoms with Crippen LogP contribution >= 0.6 is 0 Å². The summed E-state index contributed by atoms with van der Waals surface area (Å²) in [5, 5.41) is 2.94. The summed E-state index contributed by atoms with van der Waals surface area (Å²) < 4.78 is 5.58. The van der Waals surface area contributed by atoms with Crippen LogP contribution in [0.1, 0.15) is 49.3 Å². The molecule has 0 radical (unpaired) electrons. The van der Waals surface area contributed by atoms with Crippen LogP contribution in [0.3, 0.4) is 0 Å². The highest BCUT2D eigenvalue weighted by Crippen LogP contribution is 2.18. The number of rotatable bonds is 8. The third-order valence-corrected chi connectivity index (χ3v) is 5.00. The second kappa shape index (κ2) is 9.56. The largest absolute Gasteiger partial charge is 0.484 e. The monoisotopic (exact) mass is 366 g/mol. The molecule has 0 saturated carbocycles. The molecule has 1 amide bonds. The van der Waals surface area contributed by atoms with Crippen LogP contribution in [-0.2, 0) is 17.9 Å². The number of nitrogens with one attached hydrogen (secondary N) is 1. The van der Waals surface area contributed by atoms with Crippen LogP contribution in [0.5, 0.6) is 5.75 Å². The van der Waals surface area contributed by atoms with E-state index in [1.165, 1.54) is 37.1 Å². The van der Waals surface area contributed by atoms with Crippen LogP contribution in [0.2, 0.25) is 0 Å². The van der Waals surface area contributed by atoms with Gasteiger partial charge in [0.1, 0.15) is 5.75 Å². The van der Waals surface area contributed by atoms with Crippen LogP contribution in [0.4, 0.5) is 0 Å². The van der Waals surface area contributed by atoms with Gasteiger partial charge >= 0.3 is 0 Å². The average molecular weight is 367 g/mol. The lowest BCUT2D eigenvalue weighted by Gasteiger charge is -2.15. The van der Waals surface area contributed by atoms with Gasteiger partial charge in [0.05, 0.1) is 0 Å². The Morgan fingerprint density at radius 1 is 1.07 bits per heavy atom. The second-order valence-electron chi connectivity index (χ2n) is 7.59. The summed E-state index contributed by atoms with van der Waals surface area (Å²) in [5.74, 6) is 1.11. The molecule has 4 nitrogen and oxygen atoms in total. The number of benzene rings is 2. The van der Waals surface area contributed by atoms with Crippen molar-refractivity contribution in [3.8, 4) is 5.75 Å². The number of carbonyl (C=O) groups excluding carboxylic acids is 1. The molecule has 0 spiro atoms. The molecule has 27 heavy (non-hydrogen) atoms. The first-order chi connectivity index (χ1) is 13.1. The number of amides is 1. The van der Waals surface area contributed by atoms with Crippen LogP contribution in [0, 0.1) is 0 Å². The number of carbonyl (C=O) groups is 1. The number of likely N-dealkylation sites (tertiary alicyclic amines) is 1. The van der Waals surface area contributed by atoms with Crippen LogP contribution < -0.4 is 10.1 Å². The van der Waals surface area contributed by atoms with E-state index >= 15 is 0 Å². The Morgan fingerprint density at radius 2 is 1.78 bits per heavy atom. The summed E-state index contributed by atoms with van der Waals surface area (Å²) in [6, 6.07) is 16.4. The zero-order chi connectivity index (χ0) is 19.1. The first-order valence-electron chi connectivity index (χ1n) is 9.90. The molecule has 1 aliphatic rings. The van der Waals surface area contributed by atoms with Gasteiger partial charge in [-0.2, -0.15) is 0 Å². The van der Waals surface area contributed by atoms with Crippen molar-refractivity contribution in [2.75, 3.05) is 19.7 Å². The Bertz CT molecular complexity index is 734. The first kappa shape index (κ1) is 19.4. The van der Waals surface area contributed by atoms with Gasteiger partial charge in [0.2, 0.25) is 0 Å². The summed E-state index contributed by atoms with van der Waals surface area (Å²) in [7, 11) is 0. The van der Waals surface area contributed by atoms with Crippen molar-refractivity contribution >= 4 is 5.91 Å². The maximum Gasteiger partial charge on any atom is 0.258 e. The van der Waals surface area contributed by atoms with Gasteiger partial charge in [0.25, 0.3) is 5.91 Å². The normalized spacial score (nSPS) is 14.5. The summed E-state index contributed by atoms with van der Waals surface area (Å²) in [5.41, 5.74) is 3.70. The Labute approximate surface area is 162 Å².